The van der Waals surface area contributed by atoms with E-state index >= 15 is 0 Å². The Morgan fingerprint density at radius 3 is 1.47 bits per heavy atom. The zero-order chi connectivity index (χ0) is 59.6. The highest BCUT2D eigenvalue weighted by atomic mass is 32.2. The molecule has 23 heteroatoms. The number of ketones is 2. The van der Waals surface area contributed by atoms with Crippen LogP contribution in [0.1, 0.15) is 103 Å². The highest BCUT2D eigenvalue weighted by Gasteiger charge is 2.53. The lowest BCUT2D eigenvalue weighted by atomic mass is 9.85. The van der Waals surface area contributed by atoms with Gasteiger partial charge in [0.05, 0.1) is 57.1 Å². The first-order chi connectivity index (χ1) is 39.5. The topological polar surface area (TPSA) is 299 Å². The minimum Gasteiger partial charge on any atom is -0.497 e. The smallest absolute Gasteiger partial charge is 0.243 e. The molecule has 0 aromatic heterocycles. The molecule has 0 bridgehead atoms. The molecule has 22 nitrogen and oxygen atoms in total. The van der Waals surface area contributed by atoms with Gasteiger partial charge in [-0.3, -0.25) is 43.3 Å². The molecule has 4 saturated heterocycles. The number of benzene rings is 2. The van der Waals surface area contributed by atoms with Gasteiger partial charge in [0.25, 0.3) is 0 Å². The zero-order valence-corrected chi connectivity index (χ0v) is 49.6. The third kappa shape index (κ3) is 17.6. The lowest BCUT2D eigenvalue weighted by Gasteiger charge is -2.28. The second-order valence-electron chi connectivity index (χ2n) is 24.3. The fraction of sp³-hybridized carbons (Fsp3) is 0.667. The first kappa shape index (κ1) is 63.2. The van der Waals surface area contributed by atoms with E-state index in [0.29, 0.717) is 88.3 Å². The van der Waals surface area contributed by atoms with Gasteiger partial charge in [-0.25, -0.2) is 8.42 Å². The molecule has 6 amide bonds. The molecule has 0 radical (unpaired) electrons. The van der Waals surface area contributed by atoms with E-state index < -0.39 is 80.9 Å². The number of nitrogens with zero attached hydrogens (tertiary/aromatic N) is 1. The SMILES string of the molecule is COc1ccc(C[C@H](NC(=O)[C@@H](C)NC(=O)C2CCOCC2)C(=O)N[C@@H](CC2CCC(C3CCC(C[C@H](NC(=O)[C@H](Cc4ccc(S(C)(=O)=O)cc4)NC(=O)[C@H](C)NC(=O)CN4CCOCC4)C(=O)[C@@]4(C)CO4)C3)C2)C(=O)[C@@]2(C)CO2)cc1. The van der Waals surface area contributed by atoms with Crippen LogP contribution < -0.4 is 36.6 Å². The third-order valence-corrected chi connectivity index (χ3v) is 18.8. The van der Waals surface area contributed by atoms with Crippen molar-refractivity contribution in [3.63, 3.8) is 0 Å². The minimum atomic E-state index is -3.52. The van der Waals surface area contributed by atoms with Crippen LogP contribution in [0.4, 0.5) is 0 Å². The molecule has 4 heterocycles. The maximum absolute atomic E-state index is 14.5. The van der Waals surface area contributed by atoms with Crippen molar-refractivity contribution in [1.29, 1.82) is 0 Å². The second-order valence-corrected chi connectivity index (χ2v) is 26.3. The van der Waals surface area contributed by atoms with Gasteiger partial charge in [0.2, 0.25) is 35.4 Å². The average molecular weight is 1180 g/mol. The number of amides is 6. The van der Waals surface area contributed by atoms with E-state index in [2.05, 4.69) is 31.9 Å². The van der Waals surface area contributed by atoms with E-state index in [-0.39, 0.29) is 78.6 Å². The molecule has 6 N–H and O–H groups in total. The predicted molar refractivity (Wildman–Crippen MR) is 303 cm³/mol. The number of hydrogen-bond acceptors (Lipinski definition) is 16. The summed E-state index contributed by atoms with van der Waals surface area (Å²) in [7, 11) is -1.96. The van der Waals surface area contributed by atoms with E-state index in [9.17, 15) is 46.8 Å². The number of nitrogens with one attached hydrogen (secondary N) is 6. The Bertz CT molecular complexity index is 2760. The van der Waals surface area contributed by atoms with Gasteiger partial charge in [-0.1, -0.05) is 37.1 Å². The monoisotopic (exact) mass is 1180 g/mol. The third-order valence-electron chi connectivity index (χ3n) is 17.7. The number of carbonyl (C=O) groups excluding carboxylic acids is 8. The molecule has 8 rings (SSSR count). The summed E-state index contributed by atoms with van der Waals surface area (Å²) in [6.45, 7) is 10.1. The van der Waals surface area contributed by atoms with Gasteiger partial charge < -0.3 is 55.6 Å². The standard InChI is InChI=1S/C60H85N7O15S/c1-36(61-51(68)33-67-21-25-80-26-22-67)54(71)65-50(30-39-11-17-46(18-12-39)83(6,76)77)58(75)64-48(53(70)60(4)35-82-60)32-41-8-14-44(28-41)43-13-7-40(27-43)31-47(52(69)59(3)34-81-59)63-57(74)49(29-38-9-15-45(78-5)16-10-38)66-55(72)37(2)62-56(73)42-19-23-79-24-20-42/h9-12,15-18,36-37,40-44,47-50H,7-8,13-14,19-35H2,1-6H3,(H,61,68)(H,62,73)(H,63,74)(H,64,75)(H,65,71)(H,66,72)/t36-,37+,40?,41?,43?,44?,47-,48-,49-,50-,59+,60+/m0/s1. The number of hydrogen-bond donors (Lipinski definition) is 6. The summed E-state index contributed by atoms with van der Waals surface area (Å²) in [4.78, 5) is 113. The highest BCUT2D eigenvalue weighted by molar-refractivity contribution is 7.90. The summed E-state index contributed by atoms with van der Waals surface area (Å²) in [5.74, 6) is -2.35. The van der Waals surface area contributed by atoms with Crippen LogP contribution in [0, 0.1) is 29.6 Å². The van der Waals surface area contributed by atoms with Gasteiger partial charge in [0, 0.05) is 51.3 Å². The Hall–Kier alpha value is -5.85. The molecule has 456 valence electrons. The Morgan fingerprint density at radius 1 is 0.590 bits per heavy atom. The Morgan fingerprint density at radius 2 is 1.02 bits per heavy atom. The number of carbonyl (C=O) groups is 8. The Balaban J connectivity index is 0.904. The highest BCUT2D eigenvalue weighted by Crippen LogP contribution is 2.47. The predicted octanol–water partition coefficient (Wildman–Crippen LogP) is 1.92. The maximum Gasteiger partial charge on any atom is 0.243 e. The van der Waals surface area contributed by atoms with Gasteiger partial charge >= 0.3 is 0 Å². The van der Waals surface area contributed by atoms with Crippen molar-refractivity contribution in [3.8, 4) is 5.75 Å². The van der Waals surface area contributed by atoms with Crippen LogP contribution in [0.5, 0.6) is 5.75 Å². The average Bonchev–Trinajstić information content (AvgIpc) is 4.43. The normalized spacial score (nSPS) is 26.6. The van der Waals surface area contributed by atoms with Crippen LogP contribution in [-0.2, 0) is 80.0 Å². The fourth-order valence-electron chi connectivity index (χ4n) is 12.2. The van der Waals surface area contributed by atoms with Crippen molar-refractivity contribution in [1.82, 2.24) is 36.8 Å². The van der Waals surface area contributed by atoms with Gasteiger partial charge in [-0.15, -0.1) is 0 Å². The van der Waals surface area contributed by atoms with E-state index in [1.54, 1.807) is 64.3 Å². The summed E-state index contributed by atoms with van der Waals surface area (Å²) in [6.07, 6.45) is 8.01. The molecule has 0 spiro atoms. The van der Waals surface area contributed by atoms with Crippen molar-refractivity contribution < 1.29 is 70.5 Å². The van der Waals surface area contributed by atoms with Crippen LogP contribution in [0.25, 0.3) is 0 Å². The molecule has 6 aliphatic rings. The number of sulfone groups is 1. The quantitative estimate of drug-likeness (QED) is 0.0664. The van der Waals surface area contributed by atoms with Crippen molar-refractivity contribution in [2.24, 2.45) is 29.6 Å². The minimum absolute atomic E-state index is 0.0418. The van der Waals surface area contributed by atoms with Gasteiger partial charge in [-0.05, 0) is 138 Å². The lowest BCUT2D eigenvalue weighted by Crippen LogP contribution is -2.57. The van der Waals surface area contributed by atoms with Gasteiger partial charge in [-0.2, -0.15) is 0 Å². The van der Waals surface area contributed by atoms with Crippen LogP contribution >= 0.6 is 0 Å². The molecule has 2 aliphatic carbocycles. The summed E-state index contributed by atoms with van der Waals surface area (Å²) < 4.78 is 51.9. The second kappa shape index (κ2) is 27.9. The number of morpholine rings is 1. The van der Waals surface area contributed by atoms with Gasteiger partial charge in [0.15, 0.2) is 21.4 Å². The Labute approximate surface area is 487 Å². The van der Waals surface area contributed by atoms with E-state index in [1.165, 1.54) is 19.1 Å². The van der Waals surface area contributed by atoms with Crippen LogP contribution in [0.3, 0.4) is 0 Å². The number of ether oxygens (including phenoxy) is 5. The van der Waals surface area contributed by atoms with Crippen LogP contribution in [0.15, 0.2) is 53.4 Å². The van der Waals surface area contributed by atoms with E-state index in [0.717, 1.165) is 50.3 Å². The van der Waals surface area contributed by atoms with E-state index in [4.69, 9.17) is 23.7 Å². The number of epoxide rings is 2. The molecular formula is C60H85N7O15S. The molecule has 12 atom stereocenters. The number of rotatable bonds is 28. The molecule has 2 aromatic rings. The molecule has 4 aliphatic heterocycles. The summed E-state index contributed by atoms with van der Waals surface area (Å²) in [5, 5.41) is 17.2. The van der Waals surface area contributed by atoms with Crippen molar-refractivity contribution in [2.45, 2.75) is 157 Å². The molecule has 2 aromatic carbocycles. The zero-order valence-electron chi connectivity index (χ0n) is 48.8. The molecule has 2 saturated carbocycles. The first-order valence-electron chi connectivity index (χ1n) is 29.5. The van der Waals surface area contributed by atoms with Crippen LogP contribution in [0.2, 0.25) is 0 Å². The summed E-state index contributed by atoms with van der Waals surface area (Å²) >= 11 is 0. The lowest BCUT2D eigenvalue weighted by molar-refractivity contribution is -0.135. The fourth-order valence-corrected chi connectivity index (χ4v) is 12.8. The van der Waals surface area contributed by atoms with Crippen LogP contribution in [-0.4, -0.2) is 180 Å². The van der Waals surface area contributed by atoms with Crippen molar-refractivity contribution >= 4 is 56.8 Å². The summed E-state index contributed by atoms with van der Waals surface area (Å²) in [6, 6.07) is 7.02. The largest absolute Gasteiger partial charge is 0.497 e. The van der Waals surface area contributed by atoms with E-state index in [1.807, 2.05) is 4.90 Å². The maximum atomic E-state index is 14.5. The molecule has 83 heavy (non-hydrogen) atoms. The molecule has 6 fully saturated rings. The first-order valence-corrected chi connectivity index (χ1v) is 31.4. The van der Waals surface area contributed by atoms with Crippen molar-refractivity contribution in [2.75, 3.05) is 72.6 Å². The number of Topliss-reactive ketones (excluding diaryl/α,β-unsaturated/α-hetero) is 2. The Kier molecular flexibility index (Phi) is 21.2. The van der Waals surface area contributed by atoms with Crippen molar-refractivity contribution in [3.05, 3.63) is 59.7 Å². The summed E-state index contributed by atoms with van der Waals surface area (Å²) in [5.41, 5.74) is -0.831. The molecular weight excluding hydrogens is 1090 g/mol. The number of methoxy groups -OCH3 is 1. The van der Waals surface area contributed by atoms with Gasteiger partial charge in [0.1, 0.15) is 41.1 Å². The molecule has 4 unspecified atom stereocenters.